The molecule has 13 heavy (non-hydrogen) atoms. The van der Waals surface area contributed by atoms with E-state index in [1.807, 2.05) is 30.3 Å². The molecule has 3 nitrogen and oxygen atoms in total. The number of methoxy groups -OCH3 is 1. The van der Waals surface area contributed by atoms with E-state index in [2.05, 4.69) is 6.58 Å². The average Bonchev–Trinajstić information content (AvgIpc) is 2.20. The molecule has 0 aliphatic rings. The Balaban J connectivity index is 0.000000252. The van der Waals surface area contributed by atoms with Crippen LogP contribution in [-0.2, 0) is 4.79 Å². The zero-order valence-electron chi connectivity index (χ0n) is 7.43. The van der Waals surface area contributed by atoms with Gasteiger partial charge < -0.3 is 9.84 Å². The molecule has 0 fully saturated rings. The van der Waals surface area contributed by atoms with Gasteiger partial charge in [-0.15, -0.1) is 0 Å². The molecule has 0 spiro atoms. The fourth-order valence-corrected chi connectivity index (χ4v) is 0.557. The Kier molecular flexibility index (Phi) is 5.97. The third-order valence-corrected chi connectivity index (χ3v) is 1.15. The molecule has 70 valence electrons. The lowest BCUT2D eigenvalue weighted by atomic mass is 10.3. The fourth-order valence-electron chi connectivity index (χ4n) is 0.557. The van der Waals surface area contributed by atoms with Crippen molar-refractivity contribution in [3.8, 4) is 5.75 Å². The molecule has 1 aromatic rings. The van der Waals surface area contributed by atoms with Crippen LogP contribution in [0.25, 0.3) is 0 Å². The third-order valence-electron chi connectivity index (χ3n) is 1.15. The molecule has 0 heterocycles. The number of hydrogen-bond donors (Lipinski definition) is 1. The van der Waals surface area contributed by atoms with Gasteiger partial charge in [-0.1, -0.05) is 24.8 Å². The summed E-state index contributed by atoms with van der Waals surface area (Å²) in [5.74, 6) is -0.0718. The van der Waals surface area contributed by atoms with Crippen LogP contribution >= 0.6 is 0 Å². The van der Waals surface area contributed by atoms with Gasteiger partial charge in [-0.25, -0.2) is 4.79 Å². The lowest BCUT2D eigenvalue weighted by Crippen LogP contribution is -1.82. The van der Waals surface area contributed by atoms with Gasteiger partial charge in [-0.3, -0.25) is 0 Å². The molecule has 0 aliphatic carbocycles. The van der Waals surface area contributed by atoms with Crippen molar-refractivity contribution in [1.82, 2.24) is 0 Å². The standard InChI is InChI=1S/C7H8O.C3H4O2/c1-8-7-5-3-2-4-6-7;1-2-3(4)5/h2-6H,1H3;2H,1H2,(H,4,5). The molecule has 0 aliphatic heterocycles. The Bertz CT molecular complexity index is 254. The molecule has 0 aromatic heterocycles. The van der Waals surface area contributed by atoms with Crippen LogP contribution in [-0.4, -0.2) is 18.2 Å². The second kappa shape index (κ2) is 6.91. The number of rotatable bonds is 2. The molecular formula is C10H12O3. The summed E-state index contributed by atoms with van der Waals surface area (Å²) in [4.78, 5) is 9.25. The summed E-state index contributed by atoms with van der Waals surface area (Å²) in [6.45, 7) is 2.96. The third kappa shape index (κ3) is 6.62. The van der Waals surface area contributed by atoms with Crippen molar-refractivity contribution in [3.63, 3.8) is 0 Å². The van der Waals surface area contributed by atoms with Crippen molar-refractivity contribution in [2.24, 2.45) is 0 Å². The molecule has 0 amide bonds. The summed E-state index contributed by atoms with van der Waals surface area (Å²) in [7, 11) is 1.66. The molecule has 0 unspecified atom stereocenters. The van der Waals surface area contributed by atoms with Crippen LogP contribution in [0.15, 0.2) is 43.0 Å². The maximum absolute atomic E-state index is 9.25. The molecule has 1 aromatic carbocycles. The van der Waals surface area contributed by atoms with Crippen LogP contribution < -0.4 is 4.74 Å². The lowest BCUT2D eigenvalue weighted by Gasteiger charge is -1.93. The number of para-hydroxylation sites is 1. The highest BCUT2D eigenvalue weighted by molar-refractivity contribution is 5.78. The number of carboxylic acid groups (broad SMARTS) is 1. The average molecular weight is 180 g/mol. The number of benzene rings is 1. The number of carbonyl (C=O) groups is 1. The van der Waals surface area contributed by atoms with Gasteiger partial charge in [0.2, 0.25) is 0 Å². The molecule has 0 radical (unpaired) electrons. The Hall–Kier alpha value is -1.77. The van der Waals surface area contributed by atoms with E-state index in [0.29, 0.717) is 0 Å². The second-order valence-electron chi connectivity index (χ2n) is 2.06. The van der Waals surface area contributed by atoms with Gasteiger partial charge in [-0.05, 0) is 12.1 Å². The van der Waals surface area contributed by atoms with Gasteiger partial charge in [-0.2, -0.15) is 0 Å². The first-order valence-corrected chi connectivity index (χ1v) is 3.65. The van der Waals surface area contributed by atoms with Crippen LogP contribution in [0.3, 0.4) is 0 Å². The molecule has 3 heteroatoms. The number of carboxylic acids is 1. The van der Waals surface area contributed by atoms with E-state index in [0.717, 1.165) is 11.8 Å². The van der Waals surface area contributed by atoms with Crippen molar-refractivity contribution in [2.45, 2.75) is 0 Å². The van der Waals surface area contributed by atoms with E-state index in [1.54, 1.807) is 7.11 Å². The monoisotopic (exact) mass is 180 g/mol. The summed E-state index contributed by atoms with van der Waals surface area (Å²) in [6.07, 6.45) is 0.833. The van der Waals surface area contributed by atoms with Crippen molar-refractivity contribution >= 4 is 5.97 Å². The normalized spacial score (nSPS) is 7.77. The summed E-state index contributed by atoms with van der Waals surface area (Å²) >= 11 is 0. The van der Waals surface area contributed by atoms with E-state index in [-0.39, 0.29) is 0 Å². The minimum absolute atomic E-state index is 0.833. The maximum Gasteiger partial charge on any atom is 0.327 e. The van der Waals surface area contributed by atoms with E-state index < -0.39 is 5.97 Å². The van der Waals surface area contributed by atoms with Crippen molar-refractivity contribution in [3.05, 3.63) is 43.0 Å². The zero-order valence-corrected chi connectivity index (χ0v) is 7.43. The van der Waals surface area contributed by atoms with E-state index in [9.17, 15) is 4.79 Å². The fraction of sp³-hybridized carbons (Fsp3) is 0.100. The van der Waals surface area contributed by atoms with Crippen LogP contribution in [0.4, 0.5) is 0 Å². The zero-order chi connectivity index (χ0) is 10.1. The lowest BCUT2D eigenvalue weighted by molar-refractivity contribution is -0.131. The minimum Gasteiger partial charge on any atom is -0.497 e. The Labute approximate surface area is 77.3 Å². The largest absolute Gasteiger partial charge is 0.497 e. The highest BCUT2D eigenvalue weighted by Gasteiger charge is 1.80. The summed E-state index contributed by atoms with van der Waals surface area (Å²) in [5, 5.41) is 7.60. The predicted octanol–water partition coefficient (Wildman–Crippen LogP) is 1.95. The van der Waals surface area contributed by atoms with Crippen molar-refractivity contribution in [2.75, 3.05) is 7.11 Å². The first-order valence-electron chi connectivity index (χ1n) is 3.65. The SMILES string of the molecule is C=CC(=O)O.COc1ccccc1. The quantitative estimate of drug-likeness (QED) is 0.707. The maximum atomic E-state index is 9.25. The van der Waals surface area contributed by atoms with Gasteiger partial charge >= 0.3 is 5.97 Å². The summed E-state index contributed by atoms with van der Waals surface area (Å²) in [5.41, 5.74) is 0. The molecule has 0 saturated heterocycles. The minimum atomic E-state index is -0.981. The van der Waals surface area contributed by atoms with Gasteiger partial charge in [0.15, 0.2) is 0 Å². The van der Waals surface area contributed by atoms with Gasteiger partial charge in [0, 0.05) is 6.08 Å². The number of aliphatic carboxylic acids is 1. The van der Waals surface area contributed by atoms with Gasteiger partial charge in [0.05, 0.1) is 7.11 Å². The van der Waals surface area contributed by atoms with E-state index in [4.69, 9.17) is 9.84 Å². The van der Waals surface area contributed by atoms with E-state index >= 15 is 0 Å². The Morgan fingerprint density at radius 3 is 2.15 bits per heavy atom. The van der Waals surface area contributed by atoms with Crippen LogP contribution in [0, 0.1) is 0 Å². The van der Waals surface area contributed by atoms with Crippen LogP contribution in [0.2, 0.25) is 0 Å². The molecule has 1 N–H and O–H groups in total. The first kappa shape index (κ1) is 11.2. The molecule has 0 saturated carbocycles. The summed E-state index contributed by atoms with van der Waals surface area (Å²) < 4.78 is 4.91. The van der Waals surface area contributed by atoms with Gasteiger partial charge in [0.1, 0.15) is 5.75 Å². The first-order chi connectivity index (χ1) is 6.20. The van der Waals surface area contributed by atoms with Gasteiger partial charge in [0.25, 0.3) is 0 Å². The molecule has 0 bridgehead atoms. The molecule has 0 atom stereocenters. The number of ether oxygens (including phenoxy) is 1. The molecule has 1 rings (SSSR count). The smallest absolute Gasteiger partial charge is 0.327 e. The topological polar surface area (TPSA) is 46.5 Å². The van der Waals surface area contributed by atoms with Crippen molar-refractivity contribution < 1.29 is 14.6 Å². The predicted molar refractivity (Wildman–Crippen MR) is 50.8 cm³/mol. The number of hydrogen-bond acceptors (Lipinski definition) is 2. The van der Waals surface area contributed by atoms with Crippen LogP contribution in [0.1, 0.15) is 0 Å². The highest BCUT2D eigenvalue weighted by Crippen LogP contribution is 2.05. The summed E-state index contributed by atoms with van der Waals surface area (Å²) in [6, 6.07) is 9.68. The Morgan fingerprint density at radius 2 is 1.92 bits per heavy atom. The van der Waals surface area contributed by atoms with E-state index in [1.165, 1.54) is 0 Å². The Morgan fingerprint density at radius 1 is 1.46 bits per heavy atom. The highest BCUT2D eigenvalue weighted by atomic mass is 16.5. The van der Waals surface area contributed by atoms with Crippen molar-refractivity contribution in [1.29, 1.82) is 0 Å². The second-order valence-corrected chi connectivity index (χ2v) is 2.06. The molecular weight excluding hydrogens is 168 g/mol. The van der Waals surface area contributed by atoms with Crippen LogP contribution in [0.5, 0.6) is 5.75 Å².